The third-order valence-electron chi connectivity index (χ3n) is 7.82. The summed E-state index contributed by atoms with van der Waals surface area (Å²) in [4.78, 5) is 0. The number of para-hydroxylation sites is 1. The summed E-state index contributed by atoms with van der Waals surface area (Å²) in [5.41, 5.74) is -5.78. The van der Waals surface area contributed by atoms with Gasteiger partial charge in [-0.25, -0.2) is 0 Å². The van der Waals surface area contributed by atoms with Gasteiger partial charge in [-0.2, -0.15) is 0 Å². The van der Waals surface area contributed by atoms with Crippen LogP contribution in [0.4, 0.5) is 0 Å². The zero-order valence-electron chi connectivity index (χ0n) is 51.4. The molecule has 0 saturated carbocycles. The highest BCUT2D eigenvalue weighted by atomic mass is 16.3. The molecule has 0 fully saturated rings. The molecule has 0 atom stereocenters. The molecule has 10 rings (SSSR count). The normalized spacial score (nSPS) is 20.2. The first-order valence-corrected chi connectivity index (χ1v) is 13.9. The lowest BCUT2D eigenvalue weighted by atomic mass is 9.84. The highest BCUT2D eigenvalue weighted by Gasteiger charge is 2.20. The van der Waals surface area contributed by atoms with E-state index in [0.29, 0.717) is 0 Å². The highest BCUT2D eigenvalue weighted by Crippen LogP contribution is 2.47. The van der Waals surface area contributed by atoms with E-state index in [1.807, 2.05) is 0 Å². The van der Waals surface area contributed by atoms with Crippen LogP contribution < -0.4 is 0 Å². The monoisotopic (exact) mass is 624 g/mol. The largest absolute Gasteiger partial charge is 0.456 e. The first-order valence-electron chi connectivity index (χ1n) is 27.9. The zero-order chi connectivity index (χ0) is 55.3. The van der Waals surface area contributed by atoms with Crippen LogP contribution in [0, 0.1) is 0 Å². The number of hydrogen-bond donors (Lipinski definition) is 0. The lowest BCUT2D eigenvalue weighted by Crippen LogP contribution is -1.91. The van der Waals surface area contributed by atoms with Crippen LogP contribution in [0.1, 0.15) is 38.4 Å². The first-order chi connectivity index (χ1) is 35.0. The topological polar surface area (TPSA) is 13.1 Å². The van der Waals surface area contributed by atoms with E-state index in [9.17, 15) is 12.3 Å². The predicted octanol–water partition coefficient (Wildman–Crippen LogP) is 13.2. The lowest BCUT2D eigenvalue weighted by molar-refractivity contribution is 0.669. The molecule has 0 aliphatic heterocycles. The van der Waals surface area contributed by atoms with Gasteiger partial charge in [0, 0.05) is 10.8 Å². The van der Waals surface area contributed by atoms with Crippen molar-refractivity contribution in [2.24, 2.45) is 0 Å². The van der Waals surface area contributed by atoms with Gasteiger partial charge in [-0.05, 0) is 88.6 Å². The van der Waals surface area contributed by atoms with Gasteiger partial charge in [0.15, 0.2) is 0 Å². The van der Waals surface area contributed by atoms with Crippen molar-refractivity contribution in [3.63, 3.8) is 0 Å². The smallest absolute Gasteiger partial charge is 0.136 e. The van der Waals surface area contributed by atoms with Crippen molar-refractivity contribution in [3.8, 4) is 33.4 Å². The Labute approximate surface area is 311 Å². The standard InChI is InChI=1S/C46H28O/c1-2-12-32-29(11-1)27-28-35-33(18-9-19-34(32)35)30-23-25-31(26-24-30)44-36-13-3-5-15-38(36)45(39-16-6-4-14-37(39)44)41-20-10-22-43-46(41)40-17-7-8-21-42(40)47-43/h1-28H/i1D,2D,3D,4D,5D,6D,7D,8D,9D,10D,11D,12D,13D,14D,15D,16D,17D,18D,19D,20D,21D,22D,23D,24D,25D,26D,27D,28D. The summed E-state index contributed by atoms with van der Waals surface area (Å²) in [6.07, 6.45) is 0. The van der Waals surface area contributed by atoms with Gasteiger partial charge in [-0.1, -0.05) is 157 Å². The second-order valence-corrected chi connectivity index (χ2v) is 10.3. The quantitative estimate of drug-likeness (QED) is 0.141. The van der Waals surface area contributed by atoms with Gasteiger partial charge in [-0.15, -0.1) is 0 Å². The number of hydrogen-bond acceptors (Lipinski definition) is 1. The van der Waals surface area contributed by atoms with E-state index >= 15 is 0 Å². The molecule has 47 heavy (non-hydrogen) atoms. The second kappa shape index (κ2) is 10.2. The van der Waals surface area contributed by atoms with Gasteiger partial charge in [0.1, 0.15) is 11.2 Å². The maximum atomic E-state index is 9.66. The van der Waals surface area contributed by atoms with Gasteiger partial charge >= 0.3 is 0 Å². The number of rotatable bonds is 3. The van der Waals surface area contributed by atoms with Gasteiger partial charge in [0.25, 0.3) is 0 Å². The molecule has 1 nitrogen and oxygen atoms in total. The Balaban J connectivity index is 1.47. The zero-order valence-corrected chi connectivity index (χ0v) is 23.4. The summed E-state index contributed by atoms with van der Waals surface area (Å²) in [6.45, 7) is 0. The molecule has 10 aromatic rings. The van der Waals surface area contributed by atoms with Crippen LogP contribution in [-0.2, 0) is 0 Å². The molecule has 0 spiro atoms. The van der Waals surface area contributed by atoms with E-state index in [1.165, 1.54) is 0 Å². The van der Waals surface area contributed by atoms with Crippen LogP contribution >= 0.6 is 0 Å². The van der Waals surface area contributed by atoms with Crippen molar-refractivity contribution < 1.29 is 42.8 Å². The molecule has 0 radical (unpaired) electrons. The summed E-state index contributed by atoms with van der Waals surface area (Å²) in [5, 5.41) is -6.17. The van der Waals surface area contributed by atoms with E-state index in [0.717, 1.165) is 0 Å². The maximum absolute atomic E-state index is 9.66. The van der Waals surface area contributed by atoms with Crippen molar-refractivity contribution in [1.29, 1.82) is 0 Å². The van der Waals surface area contributed by atoms with Gasteiger partial charge in [0.2, 0.25) is 0 Å². The van der Waals surface area contributed by atoms with Crippen LogP contribution in [0.25, 0.3) is 98.4 Å². The van der Waals surface area contributed by atoms with Crippen LogP contribution in [-0.4, -0.2) is 0 Å². The Morgan fingerprint density at radius 1 is 0.319 bits per heavy atom. The van der Waals surface area contributed by atoms with Crippen LogP contribution in [0.2, 0.25) is 0 Å². The summed E-state index contributed by atoms with van der Waals surface area (Å²) in [5.74, 6) is 0. The Kier molecular flexibility index (Phi) is 2.31. The molecule has 0 aliphatic rings. The summed E-state index contributed by atoms with van der Waals surface area (Å²) >= 11 is 0. The van der Waals surface area contributed by atoms with Crippen LogP contribution in [0.15, 0.2) is 174 Å². The van der Waals surface area contributed by atoms with Gasteiger partial charge in [0.05, 0.1) is 38.4 Å². The Hall–Kier alpha value is -6.18. The fraction of sp³-hybridized carbons (Fsp3) is 0. The van der Waals surface area contributed by atoms with Crippen LogP contribution in [0.3, 0.4) is 0 Å². The van der Waals surface area contributed by atoms with E-state index in [2.05, 4.69) is 0 Å². The van der Waals surface area contributed by atoms with Crippen molar-refractivity contribution in [2.75, 3.05) is 0 Å². The van der Waals surface area contributed by atoms with E-state index in [-0.39, 0.29) is 0 Å². The Morgan fingerprint density at radius 3 is 1.60 bits per heavy atom. The number of furan rings is 1. The van der Waals surface area contributed by atoms with Crippen molar-refractivity contribution in [1.82, 2.24) is 0 Å². The number of benzene rings is 9. The Morgan fingerprint density at radius 2 is 0.851 bits per heavy atom. The third kappa shape index (κ3) is 3.90. The molecular weight excluding hydrogens is 569 g/mol. The second-order valence-electron chi connectivity index (χ2n) is 10.3. The molecule has 0 bridgehead atoms. The highest BCUT2D eigenvalue weighted by molar-refractivity contribution is 6.25. The molecule has 1 aromatic heterocycles. The van der Waals surface area contributed by atoms with E-state index in [1.54, 1.807) is 0 Å². The summed E-state index contributed by atoms with van der Waals surface area (Å²) < 4.78 is 258. The Bertz CT molecular complexity index is 4330. The van der Waals surface area contributed by atoms with Gasteiger partial charge in [-0.3, -0.25) is 0 Å². The average molecular weight is 625 g/mol. The average Bonchev–Trinajstić information content (AvgIpc) is 3.84. The minimum Gasteiger partial charge on any atom is -0.456 e. The molecular formula is C46H28O. The molecule has 0 aliphatic carbocycles. The van der Waals surface area contributed by atoms with E-state index < -0.39 is 268 Å². The minimum atomic E-state index is -1.12. The molecule has 218 valence electrons. The van der Waals surface area contributed by atoms with Crippen molar-refractivity contribution in [2.45, 2.75) is 0 Å². The lowest BCUT2D eigenvalue weighted by Gasteiger charge is -2.18. The molecule has 0 N–H and O–H groups in total. The summed E-state index contributed by atoms with van der Waals surface area (Å²) in [6, 6.07) is -26.0. The number of fused-ring (bicyclic) bond motifs is 8. The molecule has 9 aromatic carbocycles. The SMILES string of the molecule is [2H]c1c([2H])c(-c2c([2H])c([2H])c([2H])c3c2c([2H])c([2H])c2c([2H])c([2H])c([2H])c([2H])c23)c([2H])c([2H])c1-c1c2c([2H])c([2H])c([2H])c([2H])c2c(-c2c([2H])c([2H])c([2H])c3oc4c([2H])c([2H])c([2H])c([2H])c4c23)c2c([2H])c([2H])c([2H])c([2H])c12. The van der Waals surface area contributed by atoms with Crippen LogP contribution in [0.5, 0.6) is 0 Å². The fourth-order valence-electron chi connectivity index (χ4n) is 5.86. The molecule has 0 amide bonds. The maximum Gasteiger partial charge on any atom is 0.136 e. The third-order valence-corrected chi connectivity index (χ3v) is 7.82. The van der Waals surface area contributed by atoms with Gasteiger partial charge < -0.3 is 4.42 Å². The minimum absolute atomic E-state index is 0.479. The van der Waals surface area contributed by atoms with Crippen molar-refractivity contribution >= 4 is 65.0 Å². The molecule has 0 unspecified atom stereocenters. The molecule has 0 saturated heterocycles. The molecule has 1 heterocycles. The molecule has 1 heteroatoms. The first kappa shape index (κ1) is 10.7. The van der Waals surface area contributed by atoms with E-state index in [4.69, 9.17) is 30.5 Å². The summed E-state index contributed by atoms with van der Waals surface area (Å²) in [7, 11) is 0. The fourth-order valence-corrected chi connectivity index (χ4v) is 5.86. The predicted molar refractivity (Wildman–Crippen MR) is 200 cm³/mol. The van der Waals surface area contributed by atoms with Crippen molar-refractivity contribution in [3.05, 3.63) is 169 Å².